The van der Waals surface area contributed by atoms with E-state index in [2.05, 4.69) is 59.9 Å². The van der Waals surface area contributed by atoms with E-state index in [9.17, 15) is 0 Å². The maximum Gasteiger partial charge on any atom is 0.0591 e. The number of hydrogen-bond donors (Lipinski definition) is 1. The molecule has 4 rings (SSSR count). The van der Waals surface area contributed by atoms with E-state index in [0.717, 1.165) is 17.1 Å². The topological polar surface area (TPSA) is 12.0 Å². The summed E-state index contributed by atoms with van der Waals surface area (Å²) in [7, 11) is 0. The second kappa shape index (κ2) is 5.60. The first-order valence-corrected chi connectivity index (χ1v) is 7.87. The van der Waals surface area contributed by atoms with Gasteiger partial charge in [0.05, 0.1) is 6.04 Å². The van der Waals surface area contributed by atoms with E-state index < -0.39 is 0 Å². The fourth-order valence-corrected chi connectivity index (χ4v) is 3.43. The Kier molecular flexibility index (Phi) is 3.45. The third-order valence-corrected chi connectivity index (χ3v) is 4.66. The fraction of sp³-hybridized carbons (Fsp3) is 0.100. The Balaban J connectivity index is 1.69. The van der Waals surface area contributed by atoms with E-state index in [-0.39, 0.29) is 6.04 Å². The highest BCUT2D eigenvalue weighted by Gasteiger charge is 2.27. The van der Waals surface area contributed by atoms with E-state index in [1.165, 1.54) is 22.3 Å². The largest absolute Gasteiger partial charge is 0.302 e. The number of halogens is 1. The summed E-state index contributed by atoms with van der Waals surface area (Å²) < 4.78 is 0. The Morgan fingerprint density at radius 1 is 0.727 bits per heavy atom. The van der Waals surface area contributed by atoms with Crippen LogP contribution in [0.15, 0.2) is 72.8 Å². The quantitative estimate of drug-likeness (QED) is 0.701. The lowest BCUT2D eigenvalue weighted by Crippen LogP contribution is -2.20. The summed E-state index contributed by atoms with van der Waals surface area (Å²) in [6, 6.07) is 25.5. The smallest absolute Gasteiger partial charge is 0.0591 e. The SMILES string of the molecule is Clc1ccccc1CNC1c2ccccc2-c2ccccc21. The van der Waals surface area contributed by atoms with E-state index in [1.807, 2.05) is 18.2 Å². The zero-order valence-corrected chi connectivity index (χ0v) is 12.8. The van der Waals surface area contributed by atoms with Gasteiger partial charge in [-0.25, -0.2) is 0 Å². The van der Waals surface area contributed by atoms with Crippen LogP contribution in [0.1, 0.15) is 22.7 Å². The Bertz CT molecular complexity index is 780. The van der Waals surface area contributed by atoms with Crippen molar-refractivity contribution in [3.63, 3.8) is 0 Å². The predicted octanol–water partition coefficient (Wildman–Crippen LogP) is 5.20. The summed E-state index contributed by atoms with van der Waals surface area (Å²) in [5.41, 5.74) is 6.47. The molecule has 0 heterocycles. The van der Waals surface area contributed by atoms with Crippen LogP contribution in [-0.2, 0) is 6.54 Å². The van der Waals surface area contributed by atoms with Crippen LogP contribution in [0.2, 0.25) is 5.02 Å². The molecule has 0 aromatic heterocycles. The molecule has 0 spiro atoms. The van der Waals surface area contributed by atoms with Crippen molar-refractivity contribution in [2.45, 2.75) is 12.6 Å². The molecule has 0 amide bonds. The monoisotopic (exact) mass is 305 g/mol. The molecule has 1 aliphatic carbocycles. The third kappa shape index (κ3) is 2.23. The van der Waals surface area contributed by atoms with Crippen LogP contribution in [0, 0.1) is 0 Å². The van der Waals surface area contributed by atoms with Crippen molar-refractivity contribution in [1.29, 1.82) is 0 Å². The van der Waals surface area contributed by atoms with Gasteiger partial charge in [-0.1, -0.05) is 78.3 Å². The lowest BCUT2D eigenvalue weighted by atomic mass is 10.0. The van der Waals surface area contributed by atoms with Gasteiger partial charge in [-0.15, -0.1) is 0 Å². The van der Waals surface area contributed by atoms with Crippen LogP contribution < -0.4 is 5.32 Å². The summed E-state index contributed by atoms with van der Waals surface area (Å²) in [5, 5.41) is 4.48. The molecule has 3 aromatic rings. The molecule has 1 nitrogen and oxygen atoms in total. The van der Waals surface area contributed by atoms with Crippen LogP contribution in [0.4, 0.5) is 0 Å². The molecule has 0 bridgehead atoms. The van der Waals surface area contributed by atoms with Crippen molar-refractivity contribution in [1.82, 2.24) is 5.32 Å². The molecule has 0 fully saturated rings. The molecule has 0 unspecified atom stereocenters. The Hall–Kier alpha value is -2.09. The summed E-state index contributed by atoms with van der Waals surface area (Å²) in [5.74, 6) is 0. The second-order valence-corrected chi connectivity index (χ2v) is 5.99. The van der Waals surface area contributed by atoms with Crippen LogP contribution in [0.3, 0.4) is 0 Å². The van der Waals surface area contributed by atoms with Gasteiger partial charge in [0.1, 0.15) is 0 Å². The Labute approximate surface area is 135 Å². The van der Waals surface area contributed by atoms with Gasteiger partial charge in [0.2, 0.25) is 0 Å². The fourth-order valence-electron chi connectivity index (χ4n) is 3.23. The molecule has 108 valence electrons. The second-order valence-electron chi connectivity index (χ2n) is 5.58. The van der Waals surface area contributed by atoms with Crippen molar-refractivity contribution in [2.24, 2.45) is 0 Å². The van der Waals surface area contributed by atoms with Crippen molar-refractivity contribution < 1.29 is 0 Å². The van der Waals surface area contributed by atoms with Crippen molar-refractivity contribution in [3.05, 3.63) is 94.5 Å². The maximum atomic E-state index is 6.27. The van der Waals surface area contributed by atoms with Crippen LogP contribution >= 0.6 is 11.6 Å². The first kappa shape index (κ1) is 13.6. The molecule has 0 aliphatic heterocycles. The van der Waals surface area contributed by atoms with Gasteiger partial charge in [0.25, 0.3) is 0 Å². The molecule has 0 saturated heterocycles. The zero-order valence-electron chi connectivity index (χ0n) is 12.1. The van der Waals surface area contributed by atoms with E-state index >= 15 is 0 Å². The summed E-state index contributed by atoms with van der Waals surface area (Å²) in [6.45, 7) is 0.757. The Morgan fingerprint density at radius 2 is 1.27 bits per heavy atom. The van der Waals surface area contributed by atoms with Crippen LogP contribution in [0.5, 0.6) is 0 Å². The number of benzene rings is 3. The number of nitrogens with one attached hydrogen (secondary N) is 1. The molecule has 1 aliphatic rings. The van der Waals surface area contributed by atoms with Gasteiger partial charge in [0, 0.05) is 11.6 Å². The number of fused-ring (bicyclic) bond motifs is 3. The predicted molar refractivity (Wildman–Crippen MR) is 92.0 cm³/mol. The zero-order chi connectivity index (χ0) is 14.9. The van der Waals surface area contributed by atoms with Gasteiger partial charge in [-0.05, 0) is 33.9 Å². The minimum atomic E-state index is 0.226. The minimum Gasteiger partial charge on any atom is -0.302 e. The first-order valence-electron chi connectivity index (χ1n) is 7.49. The summed E-state index contributed by atoms with van der Waals surface area (Å²) >= 11 is 6.27. The molecular weight excluding hydrogens is 290 g/mol. The molecule has 3 aromatic carbocycles. The van der Waals surface area contributed by atoms with Gasteiger partial charge in [-0.2, -0.15) is 0 Å². The average molecular weight is 306 g/mol. The van der Waals surface area contributed by atoms with Gasteiger partial charge < -0.3 is 5.32 Å². The maximum absolute atomic E-state index is 6.27. The van der Waals surface area contributed by atoms with E-state index in [4.69, 9.17) is 11.6 Å². The van der Waals surface area contributed by atoms with E-state index in [0.29, 0.717) is 0 Å². The molecular formula is C20H16ClN. The van der Waals surface area contributed by atoms with Crippen molar-refractivity contribution in [2.75, 3.05) is 0 Å². The normalized spacial score (nSPS) is 13.0. The standard InChI is InChI=1S/C20H16ClN/c21-19-12-6-1-7-14(19)13-22-20-17-10-4-2-8-15(17)16-9-3-5-11-18(16)20/h1-12,20,22H,13H2. The average Bonchev–Trinajstić information content (AvgIpc) is 2.89. The highest BCUT2D eigenvalue weighted by molar-refractivity contribution is 6.31. The molecule has 0 radical (unpaired) electrons. The molecule has 0 atom stereocenters. The number of rotatable bonds is 3. The molecule has 0 saturated carbocycles. The number of hydrogen-bond acceptors (Lipinski definition) is 1. The van der Waals surface area contributed by atoms with Gasteiger partial charge in [-0.3, -0.25) is 0 Å². The van der Waals surface area contributed by atoms with Crippen molar-refractivity contribution in [3.8, 4) is 11.1 Å². The summed E-state index contributed by atoms with van der Waals surface area (Å²) in [6.07, 6.45) is 0. The van der Waals surface area contributed by atoms with E-state index in [1.54, 1.807) is 0 Å². The molecule has 22 heavy (non-hydrogen) atoms. The highest BCUT2D eigenvalue weighted by atomic mass is 35.5. The highest BCUT2D eigenvalue weighted by Crippen LogP contribution is 2.43. The Morgan fingerprint density at radius 3 is 1.91 bits per heavy atom. The van der Waals surface area contributed by atoms with Gasteiger partial charge >= 0.3 is 0 Å². The van der Waals surface area contributed by atoms with Crippen LogP contribution in [-0.4, -0.2) is 0 Å². The lowest BCUT2D eigenvalue weighted by Gasteiger charge is -2.16. The van der Waals surface area contributed by atoms with Crippen LogP contribution in [0.25, 0.3) is 11.1 Å². The molecule has 2 heteroatoms. The third-order valence-electron chi connectivity index (χ3n) is 4.29. The lowest BCUT2D eigenvalue weighted by molar-refractivity contribution is 0.616. The van der Waals surface area contributed by atoms with Crippen molar-refractivity contribution >= 4 is 11.6 Å². The first-order chi connectivity index (χ1) is 10.8. The minimum absolute atomic E-state index is 0.226. The summed E-state index contributed by atoms with van der Waals surface area (Å²) in [4.78, 5) is 0. The molecule has 1 N–H and O–H groups in total. The van der Waals surface area contributed by atoms with Gasteiger partial charge in [0.15, 0.2) is 0 Å².